The molecule has 2 amide bonds. The number of thiophene rings is 1. The lowest BCUT2D eigenvalue weighted by molar-refractivity contribution is -0.133. The molecule has 0 radical (unpaired) electrons. The van der Waals surface area contributed by atoms with E-state index in [0.717, 1.165) is 51.9 Å². The number of fused-ring (bicyclic) bond motifs is 1. The van der Waals surface area contributed by atoms with E-state index in [1.165, 1.54) is 60.9 Å². The lowest BCUT2D eigenvalue weighted by atomic mass is 9.93. The van der Waals surface area contributed by atoms with E-state index < -0.39 is 0 Å². The van der Waals surface area contributed by atoms with Gasteiger partial charge in [0, 0.05) is 57.0 Å². The summed E-state index contributed by atoms with van der Waals surface area (Å²) in [5, 5.41) is 2.20. The number of carbonyl (C=O) groups excluding carboxylic acids is 2. The van der Waals surface area contributed by atoms with Crippen molar-refractivity contribution in [3.05, 3.63) is 57.8 Å². The molecule has 3 heterocycles. The molecule has 1 saturated heterocycles. The molecule has 4 rings (SSSR count). The van der Waals surface area contributed by atoms with Gasteiger partial charge in [0.05, 0.1) is 6.04 Å². The van der Waals surface area contributed by atoms with Crippen molar-refractivity contribution in [2.24, 2.45) is 0 Å². The summed E-state index contributed by atoms with van der Waals surface area (Å²) >= 11 is 1.85. The number of hydrogen-bond acceptors (Lipinski definition) is 4. The summed E-state index contributed by atoms with van der Waals surface area (Å²) in [6.45, 7) is 6.90. The molecule has 0 saturated carbocycles. The first-order valence-corrected chi connectivity index (χ1v) is 16.5. The zero-order chi connectivity index (χ0) is 27.3. The fraction of sp³-hybridized carbons (Fsp3) is 0.636. The van der Waals surface area contributed by atoms with E-state index >= 15 is 0 Å². The fourth-order valence-corrected chi connectivity index (χ4v) is 7.10. The minimum Gasteiger partial charge on any atom is -0.341 e. The summed E-state index contributed by atoms with van der Waals surface area (Å²) in [5.41, 5.74) is 2.71. The number of amides is 2. The highest BCUT2D eigenvalue weighted by Gasteiger charge is 2.30. The summed E-state index contributed by atoms with van der Waals surface area (Å²) in [6, 6.07) is 13.2. The lowest BCUT2D eigenvalue weighted by Crippen LogP contribution is -2.40. The molecule has 0 unspecified atom stereocenters. The SMILES string of the molecule is CCCCCCCCCCCC(=O)N1CCCN(C(=O)CCN2CCc3sccc3[C@@H]2c2ccccc2)CC1. The van der Waals surface area contributed by atoms with E-state index in [1.54, 1.807) is 0 Å². The fourth-order valence-electron chi connectivity index (χ4n) is 6.19. The Balaban J connectivity index is 1.18. The smallest absolute Gasteiger partial charge is 0.223 e. The molecule has 1 fully saturated rings. The Kier molecular flexibility index (Phi) is 12.4. The Morgan fingerprint density at radius 3 is 2.10 bits per heavy atom. The van der Waals surface area contributed by atoms with Crippen molar-refractivity contribution in [1.29, 1.82) is 0 Å². The topological polar surface area (TPSA) is 43.9 Å². The number of hydrogen-bond donors (Lipinski definition) is 0. The molecule has 0 N–H and O–H groups in total. The molecule has 2 aliphatic rings. The second-order valence-electron chi connectivity index (χ2n) is 11.3. The molecular weight excluding hydrogens is 502 g/mol. The van der Waals surface area contributed by atoms with Crippen LogP contribution in [0, 0.1) is 0 Å². The van der Waals surface area contributed by atoms with Crippen LogP contribution in [-0.2, 0) is 16.0 Å². The van der Waals surface area contributed by atoms with Crippen molar-refractivity contribution in [2.45, 2.75) is 96.4 Å². The van der Waals surface area contributed by atoms with Gasteiger partial charge < -0.3 is 9.80 Å². The molecular formula is C33H49N3O2S. The maximum absolute atomic E-state index is 13.3. The molecule has 1 aromatic heterocycles. The number of carbonyl (C=O) groups is 2. The highest BCUT2D eigenvalue weighted by atomic mass is 32.1. The maximum atomic E-state index is 13.3. The van der Waals surface area contributed by atoms with Gasteiger partial charge in [-0.2, -0.15) is 0 Å². The molecule has 2 aliphatic heterocycles. The summed E-state index contributed by atoms with van der Waals surface area (Å²) in [7, 11) is 0. The summed E-state index contributed by atoms with van der Waals surface area (Å²) < 4.78 is 0. The van der Waals surface area contributed by atoms with Gasteiger partial charge in [-0.3, -0.25) is 14.5 Å². The first-order valence-electron chi connectivity index (χ1n) is 15.6. The van der Waals surface area contributed by atoms with Crippen LogP contribution in [-0.4, -0.2) is 65.8 Å². The van der Waals surface area contributed by atoms with Crippen LogP contribution >= 0.6 is 11.3 Å². The van der Waals surface area contributed by atoms with Crippen molar-refractivity contribution < 1.29 is 9.59 Å². The summed E-state index contributed by atoms with van der Waals surface area (Å²) in [5.74, 6) is 0.504. The van der Waals surface area contributed by atoms with Gasteiger partial charge >= 0.3 is 0 Å². The van der Waals surface area contributed by atoms with Crippen molar-refractivity contribution in [3.8, 4) is 0 Å². The second kappa shape index (κ2) is 16.2. The zero-order valence-corrected chi connectivity index (χ0v) is 24.9. The summed E-state index contributed by atoms with van der Waals surface area (Å²) in [6.07, 6.45) is 14.6. The van der Waals surface area contributed by atoms with Crippen molar-refractivity contribution >= 4 is 23.2 Å². The molecule has 2 aromatic rings. The van der Waals surface area contributed by atoms with E-state index in [4.69, 9.17) is 0 Å². The van der Waals surface area contributed by atoms with E-state index in [2.05, 4.69) is 53.6 Å². The minimum atomic E-state index is 0.228. The Labute approximate surface area is 240 Å². The van der Waals surface area contributed by atoms with Gasteiger partial charge in [-0.25, -0.2) is 0 Å². The van der Waals surface area contributed by atoms with Gasteiger partial charge in [-0.1, -0.05) is 88.6 Å². The number of benzene rings is 1. The molecule has 0 aliphatic carbocycles. The summed E-state index contributed by atoms with van der Waals surface area (Å²) in [4.78, 5) is 34.1. The van der Waals surface area contributed by atoms with Crippen molar-refractivity contribution in [2.75, 3.05) is 39.3 Å². The van der Waals surface area contributed by atoms with Crippen LogP contribution in [0.4, 0.5) is 0 Å². The first kappa shape index (κ1) is 29.8. The Hall–Kier alpha value is -2.18. The molecule has 0 spiro atoms. The Morgan fingerprint density at radius 2 is 1.41 bits per heavy atom. The maximum Gasteiger partial charge on any atom is 0.223 e. The monoisotopic (exact) mass is 551 g/mol. The second-order valence-corrected chi connectivity index (χ2v) is 12.3. The highest BCUT2D eigenvalue weighted by molar-refractivity contribution is 7.10. The largest absolute Gasteiger partial charge is 0.341 e. The minimum absolute atomic E-state index is 0.228. The number of nitrogens with zero attached hydrogens (tertiary/aromatic N) is 3. The molecule has 1 aromatic carbocycles. The highest BCUT2D eigenvalue weighted by Crippen LogP contribution is 2.37. The average Bonchev–Trinajstić information content (AvgIpc) is 3.30. The average molecular weight is 552 g/mol. The molecule has 5 nitrogen and oxygen atoms in total. The van der Waals surface area contributed by atoms with Crippen LogP contribution in [0.3, 0.4) is 0 Å². The van der Waals surface area contributed by atoms with E-state index in [1.807, 2.05) is 21.1 Å². The lowest BCUT2D eigenvalue weighted by Gasteiger charge is -2.36. The van der Waals surface area contributed by atoms with Gasteiger partial charge in [-0.15, -0.1) is 11.3 Å². The quantitative estimate of drug-likeness (QED) is 0.236. The third-order valence-electron chi connectivity index (χ3n) is 8.49. The normalized spacial score (nSPS) is 18.1. The third kappa shape index (κ3) is 8.91. The van der Waals surface area contributed by atoms with Crippen LogP contribution in [0.15, 0.2) is 41.8 Å². The molecule has 39 heavy (non-hydrogen) atoms. The van der Waals surface area contributed by atoms with E-state index in [-0.39, 0.29) is 17.9 Å². The van der Waals surface area contributed by atoms with Crippen LogP contribution < -0.4 is 0 Å². The van der Waals surface area contributed by atoms with Gasteiger partial charge in [0.25, 0.3) is 0 Å². The van der Waals surface area contributed by atoms with Crippen LogP contribution in [0.1, 0.15) is 106 Å². The Bertz CT molecular complexity index is 1010. The zero-order valence-electron chi connectivity index (χ0n) is 24.1. The Morgan fingerprint density at radius 1 is 0.769 bits per heavy atom. The first-order chi connectivity index (χ1) is 19.2. The molecule has 214 valence electrons. The molecule has 6 heteroatoms. The molecule has 0 bridgehead atoms. The van der Waals surface area contributed by atoms with Gasteiger partial charge in [0.2, 0.25) is 11.8 Å². The van der Waals surface area contributed by atoms with Crippen LogP contribution in [0.25, 0.3) is 0 Å². The van der Waals surface area contributed by atoms with Crippen LogP contribution in [0.5, 0.6) is 0 Å². The van der Waals surface area contributed by atoms with E-state index in [0.29, 0.717) is 25.9 Å². The number of unbranched alkanes of at least 4 members (excludes halogenated alkanes) is 8. The standard InChI is InChI=1S/C33H49N3O2S/c1-2-3-4-5-6-7-8-9-13-17-31(37)34-21-14-22-35(26-25-34)32(38)19-24-36-23-18-30-29(20-27-39-30)33(36)28-15-11-10-12-16-28/h10-12,15-16,20,27,33H,2-9,13-14,17-19,21-26H2,1H3/t33-/m0/s1. The van der Waals surface area contributed by atoms with Crippen molar-refractivity contribution in [3.63, 3.8) is 0 Å². The predicted molar refractivity (Wildman–Crippen MR) is 162 cm³/mol. The van der Waals surface area contributed by atoms with E-state index in [9.17, 15) is 9.59 Å². The third-order valence-corrected chi connectivity index (χ3v) is 9.49. The van der Waals surface area contributed by atoms with Gasteiger partial charge in [0.15, 0.2) is 0 Å². The van der Waals surface area contributed by atoms with Crippen molar-refractivity contribution in [1.82, 2.24) is 14.7 Å². The van der Waals surface area contributed by atoms with Gasteiger partial charge in [0.1, 0.15) is 0 Å². The predicted octanol–water partition coefficient (Wildman–Crippen LogP) is 7.07. The van der Waals surface area contributed by atoms with Crippen LogP contribution in [0.2, 0.25) is 0 Å². The molecule has 1 atom stereocenters. The number of rotatable bonds is 14. The van der Waals surface area contributed by atoms with Gasteiger partial charge in [-0.05, 0) is 41.8 Å².